The molecule has 0 unspecified atom stereocenters. The fourth-order valence-electron chi connectivity index (χ4n) is 2.85. The summed E-state index contributed by atoms with van der Waals surface area (Å²) in [5, 5.41) is 10.9. The van der Waals surface area contributed by atoms with Crippen molar-refractivity contribution in [1.82, 2.24) is 4.98 Å². The van der Waals surface area contributed by atoms with Gasteiger partial charge in [-0.15, -0.1) is 0 Å². The normalized spacial score (nSPS) is 12.1. The molecule has 0 bridgehead atoms. The fraction of sp³-hybridized carbons (Fsp3) is 0.400. The number of fused-ring (bicyclic) bond motifs is 1. The first-order valence-corrected chi connectivity index (χ1v) is 6.61. The van der Waals surface area contributed by atoms with Crippen molar-refractivity contribution < 1.29 is 9.90 Å². The minimum Gasteiger partial charge on any atom is -0.481 e. The molecule has 2 N–H and O–H groups in total. The zero-order valence-electron chi connectivity index (χ0n) is 11.6. The summed E-state index contributed by atoms with van der Waals surface area (Å²) in [6.45, 7) is 7.86. The fourth-order valence-corrected chi connectivity index (χ4v) is 3.00. The number of benzene rings is 1. The quantitative estimate of drug-likeness (QED) is 0.885. The van der Waals surface area contributed by atoms with Gasteiger partial charge in [0.15, 0.2) is 0 Å². The van der Waals surface area contributed by atoms with Crippen molar-refractivity contribution in [2.75, 3.05) is 0 Å². The zero-order valence-corrected chi connectivity index (χ0v) is 12.4. The van der Waals surface area contributed by atoms with Crippen molar-refractivity contribution in [3.63, 3.8) is 0 Å². The van der Waals surface area contributed by atoms with Crippen LogP contribution in [0.15, 0.2) is 12.1 Å². The molecule has 0 saturated carbocycles. The third-order valence-electron chi connectivity index (χ3n) is 3.63. The number of rotatable bonds is 3. The number of aromatic nitrogens is 1. The molecule has 3 nitrogen and oxygen atoms in total. The van der Waals surface area contributed by atoms with Crippen LogP contribution in [0.4, 0.5) is 0 Å². The topological polar surface area (TPSA) is 53.1 Å². The van der Waals surface area contributed by atoms with Crippen LogP contribution >= 0.6 is 11.6 Å². The van der Waals surface area contributed by atoms with Gasteiger partial charge in [0.1, 0.15) is 0 Å². The maximum Gasteiger partial charge on any atom is 0.304 e. The van der Waals surface area contributed by atoms with Crippen molar-refractivity contribution in [1.29, 1.82) is 0 Å². The summed E-state index contributed by atoms with van der Waals surface area (Å²) in [7, 11) is 0. The van der Waals surface area contributed by atoms with Crippen molar-refractivity contribution in [3.8, 4) is 0 Å². The van der Waals surface area contributed by atoms with Crippen molar-refractivity contribution >= 4 is 28.5 Å². The summed E-state index contributed by atoms with van der Waals surface area (Å²) in [5.41, 5.74) is 3.64. The van der Waals surface area contributed by atoms with Crippen LogP contribution in [-0.2, 0) is 10.2 Å². The van der Waals surface area contributed by atoms with E-state index in [0.29, 0.717) is 0 Å². The number of halogens is 1. The Balaban J connectivity index is 2.71. The molecule has 1 aromatic heterocycles. The van der Waals surface area contributed by atoms with Crippen LogP contribution in [-0.4, -0.2) is 16.1 Å². The van der Waals surface area contributed by atoms with Crippen molar-refractivity contribution in [2.45, 2.75) is 39.5 Å². The largest absolute Gasteiger partial charge is 0.481 e. The number of H-pyrrole nitrogens is 1. The molecule has 0 fully saturated rings. The Bertz CT molecular complexity index is 656. The summed E-state index contributed by atoms with van der Waals surface area (Å²) >= 11 is 6.13. The predicted octanol–water partition coefficient (Wildman–Crippen LogP) is 4.19. The number of carboxylic acids is 1. The van der Waals surface area contributed by atoms with E-state index in [1.807, 2.05) is 39.8 Å². The Hall–Kier alpha value is -1.48. The van der Waals surface area contributed by atoms with Crippen LogP contribution in [0, 0.1) is 13.8 Å². The molecular formula is C15H18ClNO2. The second-order valence-electron chi connectivity index (χ2n) is 5.67. The third-order valence-corrected chi connectivity index (χ3v) is 4.04. The monoisotopic (exact) mass is 279 g/mol. The molecule has 0 radical (unpaired) electrons. The van der Waals surface area contributed by atoms with Crippen LogP contribution in [0.2, 0.25) is 5.02 Å². The maximum atomic E-state index is 11.0. The number of aromatic amines is 1. The Morgan fingerprint density at radius 3 is 2.58 bits per heavy atom. The molecule has 0 aliphatic heterocycles. The van der Waals surface area contributed by atoms with Gasteiger partial charge >= 0.3 is 5.97 Å². The first kappa shape index (κ1) is 13.9. The van der Waals surface area contributed by atoms with E-state index in [-0.39, 0.29) is 6.42 Å². The van der Waals surface area contributed by atoms with Gasteiger partial charge < -0.3 is 10.1 Å². The van der Waals surface area contributed by atoms with E-state index < -0.39 is 11.4 Å². The Morgan fingerprint density at radius 2 is 2.00 bits per heavy atom. The minimum absolute atomic E-state index is 0.0997. The van der Waals surface area contributed by atoms with Crippen LogP contribution in [0.25, 0.3) is 10.9 Å². The highest BCUT2D eigenvalue weighted by atomic mass is 35.5. The highest BCUT2D eigenvalue weighted by molar-refractivity contribution is 6.32. The zero-order chi connectivity index (χ0) is 14.4. The number of aryl methyl sites for hydroxylation is 2. The van der Waals surface area contributed by atoms with Crippen molar-refractivity contribution in [3.05, 3.63) is 34.0 Å². The molecule has 19 heavy (non-hydrogen) atoms. The lowest BCUT2D eigenvalue weighted by Gasteiger charge is -2.23. The summed E-state index contributed by atoms with van der Waals surface area (Å²) in [4.78, 5) is 14.4. The van der Waals surface area contributed by atoms with E-state index in [1.165, 1.54) is 0 Å². The van der Waals surface area contributed by atoms with E-state index in [2.05, 4.69) is 4.98 Å². The molecule has 1 aromatic carbocycles. The number of carbonyl (C=O) groups is 1. The second kappa shape index (κ2) is 4.57. The van der Waals surface area contributed by atoms with E-state index >= 15 is 0 Å². The molecule has 4 heteroatoms. The SMILES string of the molecule is Cc1[nH]c2c(C)c(Cl)ccc2c1C(C)(C)CC(=O)O. The number of hydrogen-bond acceptors (Lipinski definition) is 1. The molecule has 102 valence electrons. The van der Waals surface area contributed by atoms with Gasteiger partial charge in [-0.1, -0.05) is 31.5 Å². The van der Waals surface area contributed by atoms with Crippen LogP contribution < -0.4 is 0 Å². The van der Waals surface area contributed by atoms with E-state index in [9.17, 15) is 4.79 Å². The average molecular weight is 280 g/mol. The highest BCUT2D eigenvalue weighted by Gasteiger charge is 2.29. The summed E-state index contributed by atoms with van der Waals surface area (Å²) in [6.07, 6.45) is 0.0997. The van der Waals surface area contributed by atoms with E-state index in [0.717, 1.165) is 32.7 Å². The molecule has 0 spiro atoms. The average Bonchev–Trinajstić information content (AvgIpc) is 2.60. The second-order valence-corrected chi connectivity index (χ2v) is 6.08. The summed E-state index contributed by atoms with van der Waals surface area (Å²) in [6, 6.07) is 3.83. The maximum absolute atomic E-state index is 11.0. The molecule has 2 aromatic rings. The van der Waals surface area contributed by atoms with E-state index in [1.54, 1.807) is 0 Å². The van der Waals surface area contributed by atoms with Crippen LogP contribution in [0.5, 0.6) is 0 Å². The van der Waals surface area contributed by atoms with Gasteiger partial charge in [-0.25, -0.2) is 0 Å². The first-order valence-electron chi connectivity index (χ1n) is 6.23. The van der Waals surface area contributed by atoms with Gasteiger partial charge in [0, 0.05) is 21.5 Å². The standard InChI is InChI=1S/C15H18ClNO2/c1-8-11(16)6-5-10-13(9(2)17-14(8)10)15(3,4)7-12(18)19/h5-6,17H,7H2,1-4H3,(H,18,19). The number of hydrogen-bond donors (Lipinski definition) is 2. The first-order chi connectivity index (χ1) is 8.74. The molecular weight excluding hydrogens is 262 g/mol. The lowest BCUT2D eigenvalue weighted by atomic mass is 9.80. The molecule has 1 heterocycles. The third kappa shape index (κ3) is 2.35. The summed E-state index contributed by atoms with van der Waals surface area (Å²) in [5.74, 6) is -0.788. The predicted molar refractivity (Wildman–Crippen MR) is 78.1 cm³/mol. The Kier molecular flexibility index (Phi) is 3.35. The van der Waals surface area contributed by atoms with Gasteiger partial charge in [-0.3, -0.25) is 4.79 Å². The van der Waals surface area contributed by atoms with Crippen LogP contribution in [0.1, 0.15) is 37.1 Å². The van der Waals surface area contributed by atoms with E-state index in [4.69, 9.17) is 16.7 Å². The molecule has 0 atom stereocenters. The van der Waals surface area contributed by atoms with Gasteiger partial charge in [-0.05, 0) is 31.0 Å². The minimum atomic E-state index is -0.788. The molecule has 0 aliphatic rings. The van der Waals surface area contributed by atoms with Gasteiger partial charge in [-0.2, -0.15) is 0 Å². The van der Waals surface area contributed by atoms with Crippen LogP contribution in [0.3, 0.4) is 0 Å². The number of carboxylic acid groups (broad SMARTS) is 1. The van der Waals surface area contributed by atoms with Gasteiger partial charge in [0.2, 0.25) is 0 Å². The van der Waals surface area contributed by atoms with Gasteiger partial charge in [0.05, 0.1) is 11.9 Å². The smallest absolute Gasteiger partial charge is 0.304 e. The highest BCUT2D eigenvalue weighted by Crippen LogP contribution is 2.38. The molecule has 0 aliphatic carbocycles. The summed E-state index contributed by atoms with van der Waals surface area (Å²) < 4.78 is 0. The molecule has 0 saturated heterocycles. The molecule has 2 rings (SSSR count). The molecule has 0 amide bonds. The van der Waals surface area contributed by atoms with Gasteiger partial charge in [0.25, 0.3) is 0 Å². The Morgan fingerprint density at radius 1 is 1.37 bits per heavy atom. The number of nitrogens with one attached hydrogen (secondary N) is 1. The Labute approximate surface area is 117 Å². The van der Waals surface area contributed by atoms with Crippen molar-refractivity contribution in [2.24, 2.45) is 0 Å². The number of aliphatic carboxylic acids is 1. The lowest BCUT2D eigenvalue weighted by molar-refractivity contribution is -0.138. The lowest BCUT2D eigenvalue weighted by Crippen LogP contribution is -2.22.